The number of allylic oxidation sites excluding steroid dienone is 2. The van der Waals surface area contributed by atoms with Gasteiger partial charge in [0, 0.05) is 48.7 Å². The van der Waals surface area contributed by atoms with Gasteiger partial charge in [0.2, 0.25) is 0 Å². The molecule has 1 unspecified atom stereocenters. The minimum atomic E-state index is 0.527. The van der Waals surface area contributed by atoms with Gasteiger partial charge >= 0.3 is 0 Å². The van der Waals surface area contributed by atoms with E-state index in [0.717, 1.165) is 58.6 Å². The van der Waals surface area contributed by atoms with Crippen molar-refractivity contribution < 1.29 is 0 Å². The molecule has 0 bridgehead atoms. The number of rotatable bonds is 7. The van der Waals surface area contributed by atoms with Crippen molar-refractivity contribution in [3.63, 3.8) is 0 Å². The van der Waals surface area contributed by atoms with E-state index < -0.39 is 0 Å². The topological polar surface area (TPSA) is 45.4 Å². The zero-order valence-electron chi connectivity index (χ0n) is 21.1. The largest absolute Gasteiger partial charge is 0.403 e. The molecule has 1 atom stereocenters. The van der Waals surface area contributed by atoms with E-state index in [1.807, 2.05) is 24.3 Å². The smallest absolute Gasteiger partial charge is 0.0726 e. The van der Waals surface area contributed by atoms with Crippen molar-refractivity contribution in [2.45, 2.75) is 51.9 Å². The van der Waals surface area contributed by atoms with E-state index in [-0.39, 0.29) is 0 Å². The molecule has 1 aliphatic heterocycles. The molecule has 4 rings (SSSR count). The maximum atomic E-state index is 6.64. The highest BCUT2D eigenvalue weighted by atomic mass is 35.5. The number of halogens is 1. The van der Waals surface area contributed by atoms with E-state index in [1.165, 1.54) is 56.7 Å². The van der Waals surface area contributed by atoms with Crippen LogP contribution in [0, 0.1) is 5.92 Å². The first-order valence-corrected chi connectivity index (χ1v) is 13.0. The van der Waals surface area contributed by atoms with Gasteiger partial charge in [0.05, 0.1) is 10.5 Å². The van der Waals surface area contributed by atoms with E-state index in [0.29, 0.717) is 5.92 Å². The number of hydrogen-bond acceptors (Lipinski definition) is 4. The molecule has 0 saturated carbocycles. The van der Waals surface area contributed by atoms with Crippen molar-refractivity contribution >= 4 is 28.6 Å². The molecule has 34 heavy (non-hydrogen) atoms. The van der Waals surface area contributed by atoms with Crippen LogP contribution in [-0.4, -0.2) is 48.0 Å². The quantitative estimate of drug-likeness (QED) is 0.495. The standard InChI is InChI=1S/C18H19ClN2.C11H22N2/c1-3-12-4-6-14-17(10-12)21-16-7-5-13(8-11(2)20)9-15(16)18(14)19;1-4-5-6-11(2)13-9-7-12(3)8-10-13/h3-4,6,10,13H,1-2,5,7-9,20H2;2,4-10H2,1,3H3. The van der Waals surface area contributed by atoms with Gasteiger partial charge in [-0.05, 0) is 68.7 Å². The molecule has 4 nitrogen and oxygen atoms in total. The van der Waals surface area contributed by atoms with Crippen LogP contribution in [0.5, 0.6) is 0 Å². The van der Waals surface area contributed by atoms with Crippen LogP contribution < -0.4 is 5.73 Å². The number of unbranched alkanes of at least 4 members (excludes halogenated alkanes) is 1. The highest BCUT2D eigenvalue weighted by Gasteiger charge is 2.23. The summed E-state index contributed by atoms with van der Waals surface area (Å²) in [4.78, 5) is 9.63. The molecule has 2 aliphatic rings. The molecular weight excluding hydrogens is 440 g/mol. The first-order chi connectivity index (χ1) is 16.3. The van der Waals surface area contributed by atoms with Gasteiger partial charge in [0.15, 0.2) is 0 Å². The van der Waals surface area contributed by atoms with Gasteiger partial charge in [-0.1, -0.05) is 62.9 Å². The summed E-state index contributed by atoms with van der Waals surface area (Å²) in [6, 6.07) is 6.10. The van der Waals surface area contributed by atoms with Crippen molar-refractivity contribution in [3.05, 3.63) is 71.2 Å². The Kier molecular flexibility index (Phi) is 9.61. The Hall–Kier alpha value is -2.30. The zero-order chi connectivity index (χ0) is 24.7. The number of pyridine rings is 1. The van der Waals surface area contributed by atoms with E-state index in [9.17, 15) is 0 Å². The van der Waals surface area contributed by atoms with Gasteiger partial charge in [0.1, 0.15) is 0 Å². The number of aromatic nitrogens is 1. The van der Waals surface area contributed by atoms with E-state index in [2.05, 4.69) is 43.5 Å². The van der Waals surface area contributed by atoms with Crippen molar-refractivity contribution in [2.24, 2.45) is 11.7 Å². The molecule has 0 radical (unpaired) electrons. The Morgan fingerprint density at radius 2 is 1.97 bits per heavy atom. The third-order valence-electron chi connectivity index (χ3n) is 6.97. The predicted molar refractivity (Wildman–Crippen MR) is 148 cm³/mol. The Morgan fingerprint density at radius 3 is 2.62 bits per heavy atom. The first kappa shape index (κ1) is 26.3. The maximum absolute atomic E-state index is 6.64. The van der Waals surface area contributed by atoms with Crippen LogP contribution in [0.25, 0.3) is 17.0 Å². The number of aryl methyl sites for hydroxylation is 1. The Labute approximate surface area is 211 Å². The van der Waals surface area contributed by atoms with Crippen LogP contribution >= 0.6 is 11.6 Å². The molecule has 2 N–H and O–H groups in total. The van der Waals surface area contributed by atoms with Gasteiger partial charge in [0.25, 0.3) is 0 Å². The normalized spacial score (nSPS) is 18.1. The highest BCUT2D eigenvalue weighted by Crippen LogP contribution is 2.36. The predicted octanol–water partition coefficient (Wildman–Crippen LogP) is 6.44. The Balaban J connectivity index is 0.000000215. The molecular formula is C29H41ClN4. The summed E-state index contributed by atoms with van der Waals surface area (Å²) in [6.45, 7) is 18.7. The van der Waals surface area contributed by atoms with Crippen molar-refractivity contribution in [3.8, 4) is 0 Å². The maximum Gasteiger partial charge on any atom is 0.0726 e. The summed E-state index contributed by atoms with van der Waals surface area (Å²) >= 11 is 6.64. The van der Waals surface area contributed by atoms with Crippen molar-refractivity contribution in [1.82, 2.24) is 14.8 Å². The van der Waals surface area contributed by atoms with Gasteiger partial charge in [-0.25, -0.2) is 0 Å². The molecule has 1 aliphatic carbocycles. The molecule has 1 saturated heterocycles. The number of nitrogens with two attached hydrogens (primary N) is 1. The minimum absolute atomic E-state index is 0.527. The summed E-state index contributed by atoms with van der Waals surface area (Å²) in [5.74, 6) is 0.527. The molecule has 0 amide bonds. The molecule has 2 aromatic rings. The highest BCUT2D eigenvalue weighted by molar-refractivity contribution is 6.36. The molecule has 2 heterocycles. The van der Waals surface area contributed by atoms with Crippen LogP contribution in [0.15, 0.2) is 49.3 Å². The second-order valence-corrected chi connectivity index (χ2v) is 10.1. The van der Waals surface area contributed by atoms with Gasteiger partial charge in [-0.2, -0.15) is 0 Å². The van der Waals surface area contributed by atoms with E-state index in [1.54, 1.807) is 0 Å². The van der Waals surface area contributed by atoms with Gasteiger partial charge in [-0.15, -0.1) is 0 Å². The number of likely N-dealkylation sites (N-methyl/N-ethyl adjacent to an activating group) is 1. The summed E-state index contributed by atoms with van der Waals surface area (Å²) in [6.07, 6.45) is 9.43. The number of piperazine rings is 1. The molecule has 1 fully saturated rings. The second kappa shape index (κ2) is 12.4. The minimum Gasteiger partial charge on any atom is -0.403 e. The zero-order valence-corrected chi connectivity index (χ0v) is 21.8. The number of nitrogens with zero attached hydrogens (tertiary/aromatic N) is 3. The summed E-state index contributed by atoms with van der Waals surface area (Å²) < 4.78 is 0. The lowest BCUT2D eigenvalue weighted by atomic mass is 9.83. The summed E-state index contributed by atoms with van der Waals surface area (Å²) in [5.41, 5.74) is 12.2. The number of fused-ring (bicyclic) bond motifs is 2. The van der Waals surface area contributed by atoms with Crippen molar-refractivity contribution in [2.75, 3.05) is 33.2 Å². The van der Waals surface area contributed by atoms with E-state index in [4.69, 9.17) is 22.3 Å². The number of hydrogen-bond donors (Lipinski definition) is 1. The SMILES string of the molecule is C=C(CCCC)N1CCN(C)CC1.C=Cc1ccc2c(Cl)c3c(nc2c1)CCC(CC(=C)N)C3. The monoisotopic (exact) mass is 480 g/mol. The average Bonchev–Trinajstić information content (AvgIpc) is 2.83. The van der Waals surface area contributed by atoms with E-state index >= 15 is 0 Å². The third-order valence-corrected chi connectivity index (χ3v) is 7.40. The van der Waals surface area contributed by atoms with Crippen molar-refractivity contribution in [1.29, 1.82) is 0 Å². The number of benzene rings is 1. The Bertz CT molecular complexity index is 1020. The fourth-order valence-electron chi connectivity index (χ4n) is 4.81. The molecule has 5 heteroatoms. The lowest BCUT2D eigenvalue weighted by Crippen LogP contribution is -2.43. The molecule has 1 aromatic heterocycles. The van der Waals surface area contributed by atoms with Crippen LogP contribution in [0.4, 0.5) is 0 Å². The van der Waals surface area contributed by atoms with Gasteiger partial charge in [-0.3, -0.25) is 4.98 Å². The lowest BCUT2D eigenvalue weighted by Gasteiger charge is -2.35. The van der Waals surface area contributed by atoms with Crippen LogP contribution in [0.1, 0.15) is 55.8 Å². The Morgan fingerprint density at radius 1 is 1.24 bits per heavy atom. The molecule has 184 valence electrons. The van der Waals surface area contributed by atoms with Crippen LogP contribution in [0.3, 0.4) is 0 Å². The fourth-order valence-corrected chi connectivity index (χ4v) is 5.15. The lowest BCUT2D eigenvalue weighted by molar-refractivity contribution is 0.182. The second-order valence-electron chi connectivity index (χ2n) is 9.76. The summed E-state index contributed by atoms with van der Waals surface area (Å²) in [5, 5.41) is 1.87. The average molecular weight is 481 g/mol. The van der Waals surface area contributed by atoms with Gasteiger partial charge < -0.3 is 15.5 Å². The van der Waals surface area contributed by atoms with Crippen LogP contribution in [-0.2, 0) is 12.8 Å². The fraction of sp³-hybridized carbons (Fsp3) is 0.483. The van der Waals surface area contributed by atoms with Crippen LogP contribution in [0.2, 0.25) is 5.02 Å². The molecule has 0 spiro atoms. The summed E-state index contributed by atoms with van der Waals surface area (Å²) in [7, 11) is 2.19. The first-order valence-electron chi connectivity index (χ1n) is 12.6. The molecule has 1 aromatic carbocycles. The third kappa shape index (κ3) is 6.86.